The van der Waals surface area contributed by atoms with Gasteiger partial charge in [-0.15, -0.1) is 24.2 Å². The van der Waals surface area contributed by atoms with Gasteiger partial charge in [-0.05, 0) is 19.1 Å². The molecule has 0 spiro atoms. The number of hydrogen-bond acceptors (Lipinski definition) is 3. The normalized spacial score (nSPS) is 18.8. The fourth-order valence-electron chi connectivity index (χ4n) is 2.00. The molecule has 3 nitrogen and oxygen atoms in total. The molecule has 0 saturated carbocycles. The Kier molecular flexibility index (Phi) is 7.00. The quantitative estimate of drug-likeness (QED) is 0.869. The number of thioether (sulfide) groups is 1. The van der Waals surface area contributed by atoms with Gasteiger partial charge in [0.1, 0.15) is 0 Å². The van der Waals surface area contributed by atoms with Crippen LogP contribution < -0.4 is 5.32 Å². The van der Waals surface area contributed by atoms with Gasteiger partial charge in [-0.2, -0.15) is 0 Å². The van der Waals surface area contributed by atoms with Crippen molar-refractivity contribution in [2.75, 3.05) is 25.4 Å². The smallest absolute Gasteiger partial charge is 0.233 e. The molecule has 1 aliphatic rings. The Morgan fingerprint density at radius 1 is 1.53 bits per heavy atom. The molecule has 1 fully saturated rings. The number of amides is 1. The molecule has 1 aliphatic heterocycles. The lowest BCUT2D eigenvalue weighted by Gasteiger charge is -2.34. The highest BCUT2D eigenvalue weighted by Gasteiger charge is 2.22. The SMILES string of the molecule is CC1CNCCN1C(=O)CSc1ccccc1Cl.Cl. The Morgan fingerprint density at radius 2 is 2.26 bits per heavy atom. The van der Waals surface area contributed by atoms with E-state index < -0.39 is 0 Å². The minimum Gasteiger partial charge on any atom is -0.337 e. The van der Waals surface area contributed by atoms with Crippen LogP contribution in [0.25, 0.3) is 0 Å². The van der Waals surface area contributed by atoms with Crippen LogP contribution in [0.2, 0.25) is 5.02 Å². The Hall–Kier alpha value is -0.420. The van der Waals surface area contributed by atoms with Crippen LogP contribution in [0.1, 0.15) is 6.92 Å². The molecule has 1 aromatic carbocycles. The summed E-state index contributed by atoms with van der Waals surface area (Å²) in [4.78, 5) is 15.0. The number of carbonyl (C=O) groups excluding carboxylic acids is 1. The van der Waals surface area contributed by atoms with Crippen LogP contribution in [0.4, 0.5) is 0 Å². The van der Waals surface area contributed by atoms with E-state index in [0.29, 0.717) is 10.8 Å². The van der Waals surface area contributed by atoms with Gasteiger partial charge in [0.05, 0.1) is 10.8 Å². The monoisotopic (exact) mass is 320 g/mol. The van der Waals surface area contributed by atoms with Gasteiger partial charge in [0.2, 0.25) is 5.91 Å². The molecule has 2 rings (SSSR count). The molecule has 106 valence electrons. The first-order valence-corrected chi connectivity index (χ1v) is 7.42. The highest BCUT2D eigenvalue weighted by molar-refractivity contribution is 8.00. The first kappa shape index (κ1) is 16.6. The molecule has 1 aromatic rings. The van der Waals surface area contributed by atoms with Gasteiger partial charge in [-0.25, -0.2) is 0 Å². The molecule has 1 N–H and O–H groups in total. The molecular weight excluding hydrogens is 303 g/mol. The highest BCUT2D eigenvalue weighted by Crippen LogP contribution is 2.26. The molecule has 1 amide bonds. The predicted octanol–water partition coefficient (Wildman–Crippen LogP) is 2.67. The molecule has 0 aromatic heterocycles. The first-order valence-electron chi connectivity index (χ1n) is 6.06. The van der Waals surface area contributed by atoms with Gasteiger partial charge in [-0.1, -0.05) is 23.7 Å². The summed E-state index contributed by atoms with van der Waals surface area (Å²) in [7, 11) is 0. The number of carbonyl (C=O) groups is 1. The maximum atomic E-state index is 12.1. The summed E-state index contributed by atoms with van der Waals surface area (Å²) < 4.78 is 0. The molecule has 1 heterocycles. The first-order chi connectivity index (χ1) is 8.68. The predicted molar refractivity (Wildman–Crippen MR) is 83.5 cm³/mol. The largest absolute Gasteiger partial charge is 0.337 e. The average molecular weight is 321 g/mol. The van der Waals surface area contributed by atoms with Gasteiger partial charge >= 0.3 is 0 Å². The van der Waals surface area contributed by atoms with Crippen LogP contribution in [0.15, 0.2) is 29.2 Å². The standard InChI is InChI=1S/C13H17ClN2OS.ClH/c1-10-8-15-6-7-16(10)13(17)9-18-12-5-3-2-4-11(12)14;/h2-5,10,15H,6-9H2,1H3;1H. The van der Waals surface area contributed by atoms with E-state index in [1.807, 2.05) is 29.2 Å². The molecule has 6 heteroatoms. The van der Waals surface area contributed by atoms with Crippen molar-refractivity contribution in [3.8, 4) is 0 Å². The fraction of sp³-hybridized carbons (Fsp3) is 0.462. The number of nitrogens with zero attached hydrogens (tertiary/aromatic N) is 1. The van der Waals surface area contributed by atoms with Crippen molar-refractivity contribution in [2.45, 2.75) is 17.9 Å². The number of piperazine rings is 1. The van der Waals surface area contributed by atoms with Crippen LogP contribution in [0.3, 0.4) is 0 Å². The van der Waals surface area contributed by atoms with Gasteiger partial charge in [0, 0.05) is 30.6 Å². The van der Waals surface area contributed by atoms with E-state index in [1.54, 1.807) is 0 Å². The Labute approximate surface area is 129 Å². The minimum absolute atomic E-state index is 0. The topological polar surface area (TPSA) is 32.3 Å². The zero-order valence-electron chi connectivity index (χ0n) is 10.8. The minimum atomic E-state index is 0. The van der Waals surface area contributed by atoms with Crippen LogP contribution in [0.5, 0.6) is 0 Å². The van der Waals surface area contributed by atoms with Gasteiger partial charge in [-0.3, -0.25) is 4.79 Å². The maximum absolute atomic E-state index is 12.1. The van der Waals surface area contributed by atoms with E-state index in [9.17, 15) is 4.79 Å². The molecule has 0 bridgehead atoms. The lowest BCUT2D eigenvalue weighted by atomic mass is 10.2. The van der Waals surface area contributed by atoms with E-state index in [4.69, 9.17) is 11.6 Å². The summed E-state index contributed by atoms with van der Waals surface area (Å²) in [5.41, 5.74) is 0. The van der Waals surface area contributed by atoms with E-state index in [-0.39, 0.29) is 24.4 Å². The van der Waals surface area contributed by atoms with Crippen LogP contribution >= 0.6 is 35.8 Å². The third-order valence-electron chi connectivity index (χ3n) is 3.01. The van der Waals surface area contributed by atoms with Crippen LogP contribution in [0, 0.1) is 0 Å². The Morgan fingerprint density at radius 3 is 2.95 bits per heavy atom. The lowest BCUT2D eigenvalue weighted by molar-refractivity contribution is -0.131. The number of benzene rings is 1. The molecule has 1 atom stereocenters. The van der Waals surface area contributed by atoms with Crippen LogP contribution in [-0.2, 0) is 4.79 Å². The summed E-state index contributed by atoms with van der Waals surface area (Å²) in [5, 5.41) is 3.99. The molecule has 1 saturated heterocycles. The van der Waals surface area contributed by atoms with Crippen LogP contribution in [-0.4, -0.2) is 42.2 Å². The zero-order chi connectivity index (χ0) is 13.0. The molecule has 0 aliphatic carbocycles. The van der Waals surface area contributed by atoms with E-state index in [0.717, 1.165) is 24.5 Å². The summed E-state index contributed by atoms with van der Waals surface area (Å²) >= 11 is 7.57. The average Bonchev–Trinajstić information content (AvgIpc) is 2.38. The molecular formula is C13H18Cl2N2OS. The second-order valence-corrected chi connectivity index (χ2v) is 5.78. The third-order valence-corrected chi connectivity index (χ3v) is 4.51. The number of halogens is 2. The van der Waals surface area contributed by atoms with Crippen molar-refractivity contribution in [1.82, 2.24) is 10.2 Å². The third kappa shape index (κ3) is 4.56. The van der Waals surface area contributed by atoms with Crippen molar-refractivity contribution in [2.24, 2.45) is 0 Å². The number of nitrogens with one attached hydrogen (secondary N) is 1. The summed E-state index contributed by atoms with van der Waals surface area (Å²) in [6.45, 7) is 4.63. The molecule has 0 radical (unpaired) electrons. The van der Waals surface area contributed by atoms with E-state index >= 15 is 0 Å². The maximum Gasteiger partial charge on any atom is 0.233 e. The van der Waals surface area contributed by atoms with Crippen molar-refractivity contribution in [3.05, 3.63) is 29.3 Å². The number of hydrogen-bond donors (Lipinski definition) is 1. The number of rotatable bonds is 3. The van der Waals surface area contributed by atoms with Crippen molar-refractivity contribution in [3.63, 3.8) is 0 Å². The molecule has 19 heavy (non-hydrogen) atoms. The van der Waals surface area contributed by atoms with Gasteiger partial charge < -0.3 is 10.2 Å². The van der Waals surface area contributed by atoms with Gasteiger partial charge in [0.25, 0.3) is 0 Å². The second-order valence-electron chi connectivity index (χ2n) is 4.36. The summed E-state index contributed by atoms with van der Waals surface area (Å²) in [5.74, 6) is 0.641. The van der Waals surface area contributed by atoms with E-state index in [1.165, 1.54) is 11.8 Å². The summed E-state index contributed by atoms with van der Waals surface area (Å²) in [6.07, 6.45) is 0. The fourth-order valence-corrected chi connectivity index (χ4v) is 3.12. The zero-order valence-corrected chi connectivity index (χ0v) is 13.2. The van der Waals surface area contributed by atoms with Crippen molar-refractivity contribution in [1.29, 1.82) is 0 Å². The van der Waals surface area contributed by atoms with Crippen molar-refractivity contribution < 1.29 is 4.79 Å². The van der Waals surface area contributed by atoms with Crippen molar-refractivity contribution >= 4 is 41.7 Å². The molecule has 1 unspecified atom stereocenters. The summed E-state index contributed by atoms with van der Waals surface area (Å²) in [6, 6.07) is 7.90. The Balaban J connectivity index is 0.00000180. The van der Waals surface area contributed by atoms with E-state index in [2.05, 4.69) is 12.2 Å². The lowest BCUT2D eigenvalue weighted by Crippen LogP contribution is -2.52. The highest BCUT2D eigenvalue weighted by atomic mass is 35.5. The van der Waals surface area contributed by atoms with Gasteiger partial charge in [0.15, 0.2) is 0 Å². The second kappa shape index (κ2) is 8.00. The Bertz CT molecular complexity index is 431.